The lowest BCUT2D eigenvalue weighted by atomic mass is 9.89. The van der Waals surface area contributed by atoms with Crippen LogP contribution in [0.15, 0.2) is 0 Å². The van der Waals surface area contributed by atoms with Crippen molar-refractivity contribution in [3.8, 4) is 0 Å². The lowest BCUT2D eigenvalue weighted by molar-refractivity contribution is -0.179. The fourth-order valence-corrected chi connectivity index (χ4v) is 3.93. The highest BCUT2D eigenvalue weighted by Gasteiger charge is 2.40. The van der Waals surface area contributed by atoms with E-state index in [-0.39, 0.29) is 5.79 Å². The van der Waals surface area contributed by atoms with Crippen LogP contribution >= 0.6 is 0 Å². The molecule has 0 aromatic carbocycles. The normalized spacial score (nSPS) is 29.6. The van der Waals surface area contributed by atoms with Gasteiger partial charge in [0.1, 0.15) is 0 Å². The summed E-state index contributed by atoms with van der Waals surface area (Å²) in [6.07, 6.45) is 7.12. The number of hydrogen-bond donors (Lipinski definition) is 1. The predicted octanol–water partition coefficient (Wildman–Crippen LogP) is 2.13. The van der Waals surface area contributed by atoms with Crippen LogP contribution in [-0.2, 0) is 9.47 Å². The molecule has 0 atom stereocenters. The first-order valence-electron chi connectivity index (χ1n) is 8.45. The molecule has 0 unspecified atom stereocenters. The van der Waals surface area contributed by atoms with Crippen LogP contribution in [-0.4, -0.2) is 55.1 Å². The summed E-state index contributed by atoms with van der Waals surface area (Å²) < 4.78 is 11.6. The molecule has 4 heteroatoms. The van der Waals surface area contributed by atoms with E-state index in [0.29, 0.717) is 12.1 Å². The van der Waals surface area contributed by atoms with Crippen molar-refractivity contribution in [2.75, 3.05) is 26.3 Å². The molecule has 1 aliphatic carbocycles. The van der Waals surface area contributed by atoms with Crippen molar-refractivity contribution in [3.63, 3.8) is 0 Å². The van der Waals surface area contributed by atoms with Crippen molar-refractivity contribution >= 4 is 0 Å². The molecular formula is C16H30N2O2. The van der Waals surface area contributed by atoms with E-state index in [0.717, 1.165) is 32.1 Å². The van der Waals surface area contributed by atoms with Gasteiger partial charge in [-0.15, -0.1) is 0 Å². The molecule has 3 rings (SSSR count). The van der Waals surface area contributed by atoms with Gasteiger partial charge in [-0.05, 0) is 52.6 Å². The topological polar surface area (TPSA) is 33.7 Å². The maximum absolute atomic E-state index is 5.80. The molecule has 1 N–H and O–H groups in total. The molecule has 3 aliphatic rings. The third-order valence-electron chi connectivity index (χ3n) is 5.29. The average Bonchev–Trinajstić information content (AvgIpc) is 2.91. The van der Waals surface area contributed by atoms with Crippen molar-refractivity contribution < 1.29 is 9.47 Å². The number of rotatable bonds is 3. The second-order valence-corrected chi connectivity index (χ2v) is 6.95. The van der Waals surface area contributed by atoms with Crippen molar-refractivity contribution in [2.24, 2.45) is 0 Å². The van der Waals surface area contributed by atoms with Gasteiger partial charge in [-0.25, -0.2) is 0 Å². The molecule has 2 saturated heterocycles. The van der Waals surface area contributed by atoms with Crippen LogP contribution in [0.25, 0.3) is 0 Å². The van der Waals surface area contributed by atoms with Gasteiger partial charge in [-0.2, -0.15) is 0 Å². The highest BCUT2D eigenvalue weighted by atomic mass is 16.7. The monoisotopic (exact) mass is 282 g/mol. The Balaban J connectivity index is 1.40. The predicted molar refractivity (Wildman–Crippen MR) is 79.8 cm³/mol. The molecule has 3 fully saturated rings. The van der Waals surface area contributed by atoms with Crippen molar-refractivity contribution in [1.82, 2.24) is 10.2 Å². The number of piperidine rings is 1. The molecule has 1 saturated carbocycles. The fraction of sp³-hybridized carbons (Fsp3) is 1.00. The minimum absolute atomic E-state index is 0.209. The van der Waals surface area contributed by atoms with Crippen LogP contribution in [0, 0.1) is 0 Å². The molecule has 20 heavy (non-hydrogen) atoms. The standard InChI is InChI=1S/C16H30N2O2/c1-13(2)18-9-5-15(6-10-18)17-14-3-7-16(8-4-14)19-11-12-20-16/h13-15,17H,3-12H2,1-2H3. The van der Waals surface area contributed by atoms with Crippen LogP contribution in [0.1, 0.15) is 52.4 Å². The number of hydrogen-bond acceptors (Lipinski definition) is 4. The Labute approximate surface area is 123 Å². The second kappa shape index (κ2) is 6.30. The summed E-state index contributed by atoms with van der Waals surface area (Å²) in [5, 5.41) is 3.89. The Hall–Kier alpha value is -0.160. The molecule has 0 aromatic rings. The Kier molecular flexibility index (Phi) is 4.65. The summed E-state index contributed by atoms with van der Waals surface area (Å²) in [6.45, 7) is 8.67. The number of nitrogens with zero attached hydrogens (tertiary/aromatic N) is 1. The summed E-state index contributed by atoms with van der Waals surface area (Å²) in [6, 6.07) is 2.08. The van der Waals surface area contributed by atoms with Gasteiger partial charge < -0.3 is 19.7 Å². The quantitative estimate of drug-likeness (QED) is 0.860. The molecule has 2 aliphatic heterocycles. The molecule has 1 spiro atoms. The van der Waals surface area contributed by atoms with E-state index >= 15 is 0 Å². The zero-order valence-electron chi connectivity index (χ0n) is 13.1. The van der Waals surface area contributed by atoms with Crippen LogP contribution in [0.2, 0.25) is 0 Å². The molecule has 0 bridgehead atoms. The highest BCUT2D eigenvalue weighted by Crippen LogP contribution is 2.36. The summed E-state index contributed by atoms with van der Waals surface area (Å²) in [5.74, 6) is -0.209. The lowest BCUT2D eigenvalue weighted by Crippen LogP contribution is -2.50. The van der Waals surface area contributed by atoms with Gasteiger partial charge >= 0.3 is 0 Å². The highest BCUT2D eigenvalue weighted by molar-refractivity contribution is 4.88. The van der Waals surface area contributed by atoms with Crippen LogP contribution in [0.5, 0.6) is 0 Å². The van der Waals surface area contributed by atoms with Crippen LogP contribution in [0.4, 0.5) is 0 Å². The van der Waals surface area contributed by atoms with Gasteiger partial charge in [0.2, 0.25) is 0 Å². The van der Waals surface area contributed by atoms with E-state index in [1.165, 1.54) is 38.8 Å². The van der Waals surface area contributed by atoms with Crippen molar-refractivity contribution in [3.05, 3.63) is 0 Å². The average molecular weight is 282 g/mol. The molecular weight excluding hydrogens is 252 g/mol. The molecule has 0 amide bonds. The summed E-state index contributed by atoms with van der Waals surface area (Å²) in [7, 11) is 0. The van der Waals surface area contributed by atoms with E-state index in [2.05, 4.69) is 24.1 Å². The van der Waals surface area contributed by atoms with E-state index in [9.17, 15) is 0 Å². The van der Waals surface area contributed by atoms with E-state index in [1.807, 2.05) is 0 Å². The minimum atomic E-state index is -0.209. The van der Waals surface area contributed by atoms with Gasteiger partial charge in [-0.1, -0.05) is 0 Å². The largest absolute Gasteiger partial charge is 0.348 e. The third-order valence-corrected chi connectivity index (χ3v) is 5.29. The zero-order valence-corrected chi connectivity index (χ0v) is 13.1. The van der Waals surface area contributed by atoms with Gasteiger partial charge in [-0.3, -0.25) is 0 Å². The molecule has 0 aromatic heterocycles. The van der Waals surface area contributed by atoms with Crippen LogP contribution < -0.4 is 5.32 Å². The Morgan fingerprint density at radius 2 is 1.50 bits per heavy atom. The van der Waals surface area contributed by atoms with E-state index in [4.69, 9.17) is 9.47 Å². The Morgan fingerprint density at radius 3 is 2.05 bits per heavy atom. The van der Waals surface area contributed by atoms with Gasteiger partial charge in [0, 0.05) is 31.0 Å². The first-order chi connectivity index (χ1) is 9.67. The summed E-state index contributed by atoms with van der Waals surface area (Å²) >= 11 is 0. The smallest absolute Gasteiger partial charge is 0.168 e. The first-order valence-corrected chi connectivity index (χ1v) is 8.45. The lowest BCUT2D eigenvalue weighted by Gasteiger charge is -2.40. The van der Waals surface area contributed by atoms with Crippen molar-refractivity contribution in [2.45, 2.75) is 76.3 Å². The number of ether oxygens (including phenoxy) is 2. The van der Waals surface area contributed by atoms with Gasteiger partial charge in [0.15, 0.2) is 5.79 Å². The van der Waals surface area contributed by atoms with Gasteiger partial charge in [0.25, 0.3) is 0 Å². The first kappa shape index (κ1) is 14.8. The Bertz CT molecular complexity index is 298. The maximum atomic E-state index is 5.80. The van der Waals surface area contributed by atoms with Crippen LogP contribution in [0.3, 0.4) is 0 Å². The van der Waals surface area contributed by atoms with Crippen molar-refractivity contribution in [1.29, 1.82) is 0 Å². The molecule has 4 nitrogen and oxygen atoms in total. The number of likely N-dealkylation sites (tertiary alicyclic amines) is 1. The zero-order chi connectivity index (χ0) is 14.0. The van der Waals surface area contributed by atoms with E-state index in [1.54, 1.807) is 0 Å². The third kappa shape index (κ3) is 3.35. The number of nitrogens with one attached hydrogen (secondary N) is 1. The second-order valence-electron chi connectivity index (χ2n) is 6.95. The molecule has 0 radical (unpaired) electrons. The Morgan fingerprint density at radius 1 is 0.950 bits per heavy atom. The summed E-state index contributed by atoms with van der Waals surface area (Å²) in [5.41, 5.74) is 0. The molecule has 2 heterocycles. The fourth-order valence-electron chi connectivity index (χ4n) is 3.93. The van der Waals surface area contributed by atoms with Gasteiger partial charge in [0.05, 0.1) is 13.2 Å². The van der Waals surface area contributed by atoms with E-state index < -0.39 is 0 Å². The SMILES string of the molecule is CC(C)N1CCC(NC2CCC3(CC2)OCCO3)CC1. The maximum Gasteiger partial charge on any atom is 0.168 e. The summed E-state index contributed by atoms with van der Waals surface area (Å²) in [4.78, 5) is 2.59. The minimum Gasteiger partial charge on any atom is -0.348 e. The molecule has 116 valence electrons.